The van der Waals surface area contributed by atoms with Crippen molar-refractivity contribution in [2.75, 3.05) is 0 Å². The molecule has 3 aromatic heterocycles. The predicted octanol–water partition coefficient (Wildman–Crippen LogP) is 12.8. The molecule has 8 aromatic carbocycles. The lowest BCUT2D eigenvalue weighted by Gasteiger charge is -2.13. The van der Waals surface area contributed by atoms with Gasteiger partial charge in [-0.3, -0.25) is 0 Å². The second-order valence-electron chi connectivity index (χ2n) is 13.9. The molecule has 0 saturated heterocycles. The van der Waals surface area contributed by atoms with Gasteiger partial charge in [-0.25, -0.2) is 9.97 Å². The van der Waals surface area contributed by atoms with Gasteiger partial charge in [-0.1, -0.05) is 121 Å². The fraction of sp³-hybridized carbons (Fsp3) is 0. The molecule has 252 valence electrons. The highest BCUT2D eigenvalue weighted by atomic mass is 15.0. The fourth-order valence-electron chi connectivity index (χ4n) is 8.10. The molecule has 0 fully saturated rings. The highest BCUT2D eigenvalue weighted by Gasteiger charge is 2.17. The molecule has 0 aliphatic carbocycles. The van der Waals surface area contributed by atoms with Crippen LogP contribution in [0.5, 0.6) is 0 Å². The summed E-state index contributed by atoms with van der Waals surface area (Å²) in [5.41, 5.74) is 12.0. The Kier molecular flexibility index (Phi) is 6.82. The van der Waals surface area contributed by atoms with Gasteiger partial charge in [-0.05, 0) is 88.6 Å². The quantitative estimate of drug-likeness (QED) is 0.180. The highest BCUT2D eigenvalue weighted by molar-refractivity contribution is 6.13. The first-order valence-electron chi connectivity index (χ1n) is 18.3. The molecule has 3 heterocycles. The van der Waals surface area contributed by atoms with E-state index >= 15 is 0 Å². The monoisotopic (exact) mass is 688 g/mol. The van der Waals surface area contributed by atoms with Crippen molar-refractivity contribution < 1.29 is 0 Å². The highest BCUT2D eigenvalue weighted by Crippen LogP contribution is 2.37. The summed E-state index contributed by atoms with van der Waals surface area (Å²) in [7, 11) is 0. The van der Waals surface area contributed by atoms with Crippen LogP contribution in [0.25, 0.3) is 99.5 Å². The van der Waals surface area contributed by atoms with Gasteiger partial charge >= 0.3 is 0 Å². The Morgan fingerprint density at radius 1 is 0.352 bits per heavy atom. The molecular weight excluding hydrogens is 657 g/mol. The van der Waals surface area contributed by atoms with Crippen molar-refractivity contribution in [3.8, 4) is 45.1 Å². The van der Waals surface area contributed by atoms with E-state index in [2.05, 4.69) is 203 Å². The van der Waals surface area contributed by atoms with Gasteiger partial charge in [0.1, 0.15) is 0 Å². The maximum Gasteiger partial charge on any atom is 0.160 e. The molecule has 4 heteroatoms. The van der Waals surface area contributed by atoms with Crippen molar-refractivity contribution in [3.05, 3.63) is 194 Å². The smallest absolute Gasteiger partial charge is 0.160 e. The second-order valence-corrected chi connectivity index (χ2v) is 13.9. The zero-order chi connectivity index (χ0) is 35.6. The van der Waals surface area contributed by atoms with Gasteiger partial charge in [0.2, 0.25) is 0 Å². The van der Waals surface area contributed by atoms with Gasteiger partial charge in [-0.15, -0.1) is 0 Å². The van der Waals surface area contributed by atoms with Crippen LogP contribution in [0, 0.1) is 0 Å². The maximum absolute atomic E-state index is 5.32. The van der Waals surface area contributed by atoms with E-state index in [1.165, 1.54) is 43.6 Å². The minimum atomic E-state index is 0.700. The second kappa shape index (κ2) is 12.1. The van der Waals surface area contributed by atoms with Crippen molar-refractivity contribution >= 4 is 54.4 Å². The summed E-state index contributed by atoms with van der Waals surface area (Å²) in [5.74, 6) is 0.700. The Morgan fingerprint density at radius 3 is 1.89 bits per heavy atom. The van der Waals surface area contributed by atoms with Crippen LogP contribution in [0.2, 0.25) is 0 Å². The summed E-state index contributed by atoms with van der Waals surface area (Å²) in [6, 6.07) is 66.9. The molecule has 0 N–H and O–H groups in total. The lowest BCUT2D eigenvalue weighted by Crippen LogP contribution is -1.98. The third-order valence-electron chi connectivity index (χ3n) is 10.7. The van der Waals surface area contributed by atoms with E-state index in [1.54, 1.807) is 0 Å². The standard InChI is InChI=1S/C50H32N4/c1-3-12-33(13-4-1)34-22-23-36-29-38(25-24-35(36)28-34)49-43-19-7-9-20-45(43)51-50(52-49)39-14-11-17-41(30-39)54-46-21-10-8-18-42(46)44-31-37-26-27-53(47(37)32-48(44)54)40-15-5-2-6-16-40/h1-32H. The largest absolute Gasteiger partial charge is 0.316 e. The van der Waals surface area contributed by atoms with Crippen LogP contribution in [0.1, 0.15) is 0 Å². The Hall–Kier alpha value is -7.30. The SMILES string of the molecule is c1ccc(-c2ccc3cc(-c4nc(-c5cccc(-n6c7ccccc7c7cc8ccn(-c9ccccc9)c8cc76)c5)nc5ccccc45)ccc3c2)cc1. The van der Waals surface area contributed by atoms with Crippen LogP contribution in [0.4, 0.5) is 0 Å². The summed E-state index contributed by atoms with van der Waals surface area (Å²) in [4.78, 5) is 10.5. The molecule has 11 rings (SSSR count). The van der Waals surface area contributed by atoms with E-state index in [0.29, 0.717) is 5.82 Å². The van der Waals surface area contributed by atoms with Crippen molar-refractivity contribution in [2.24, 2.45) is 0 Å². The Morgan fingerprint density at radius 2 is 1.04 bits per heavy atom. The third kappa shape index (κ3) is 4.92. The normalized spacial score (nSPS) is 11.7. The topological polar surface area (TPSA) is 35.6 Å². The summed E-state index contributed by atoms with van der Waals surface area (Å²) in [5, 5.41) is 7.08. The summed E-state index contributed by atoms with van der Waals surface area (Å²) in [6.45, 7) is 0. The van der Waals surface area contributed by atoms with E-state index in [4.69, 9.17) is 9.97 Å². The van der Waals surface area contributed by atoms with Crippen molar-refractivity contribution in [1.82, 2.24) is 19.1 Å². The maximum atomic E-state index is 5.32. The van der Waals surface area contributed by atoms with Gasteiger partial charge in [0.15, 0.2) is 5.82 Å². The third-order valence-corrected chi connectivity index (χ3v) is 10.7. The number of benzene rings is 8. The Balaban J connectivity index is 1.06. The molecule has 0 spiro atoms. The van der Waals surface area contributed by atoms with Crippen LogP contribution in [0.3, 0.4) is 0 Å². The van der Waals surface area contributed by atoms with Crippen molar-refractivity contribution in [1.29, 1.82) is 0 Å². The first kappa shape index (κ1) is 30.3. The van der Waals surface area contributed by atoms with Gasteiger partial charge < -0.3 is 9.13 Å². The number of aromatic nitrogens is 4. The van der Waals surface area contributed by atoms with E-state index in [-0.39, 0.29) is 0 Å². The van der Waals surface area contributed by atoms with Gasteiger partial charge in [0.25, 0.3) is 0 Å². The molecule has 4 nitrogen and oxygen atoms in total. The lowest BCUT2D eigenvalue weighted by molar-refractivity contribution is 1.12. The van der Waals surface area contributed by atoms with Crippen LogP contribution in [0.15, 0.2) is 194 Å². The van der Waals surface area contributed by atoms with Crippen LogP contribution < -0.4 is 0 Å². The first-order valence-corrected chi connectivity index (χ1v) is 18.3. The molecule has 0 saturated carbocycles. The molecule has 0 unspecified atom stereocenters. The molecule has 0 atom stereocenters. The Labute approximate surface area is 311 Å². The van der Waals surface area contributed by atoms with Crippen LogP contribution in [-0.4, -0.2) is 19.1 Å². The molecule has 0 radical (unpaired) electrons. The number of hydrogen-bond donors (Lipinski definition) is 0. The van der Waals surface area contributed by atoms with Gasteiger partial charge in [-0.2, -0.15) is 0 Å². The minimum Gasteiger partial charge on any atom is -0.316 e. The first-order chi connectivity index (χ1) is 26.7. The number of rotatable bonds is 5. The molecule has 11 aromatic rings. The average molecular weight is 689 g/mol. The van der Waals surface area contributed by atoms with Gasteiger partial charge in [0, 0.05) is 50.2 Å². The molecule has 0 amide bonds. The minimum absolute atomic E-state index is 0.700. The predicted molar refractivity (Wildman–Crippen MR) is 225 cm³/mol. The van der Waals surface area contributed by atoms with Crippen molar-refractivity contribution in [3.63, 3.8) is 0 Å². The van der Waals surface area contributed by atoms with Crippen LogP contribution in [-0.2, 0) is 0 Å². The number of nitrogens with zero attached hydrogens (tertiary/aromatic N) is 4. The van der Waals surface area contributed by atoms with Crippen molar-refractivity contribution in [2.45, 2.75) is 0 Å². The summed E-state index contributed by atoms with van der Waals surface area (Å²) >= 11 is 0. The number of para-hydroxylation sites is 3. The zero-order valence-electron chi connectivity index (χ0n) is 29.3. The Bertz CT molecular complexity index is 3210. The zero-order valence-corrected chi connectivity index (χ0v) is 29.3. The van der Waals surface area contributed by atoms with E-state index in [1.807, 2.05) is 0 Å². The fourth-order valence-corrected chi connectivity index (χ4v) is 8.10. The summed E-state index contributed by atoms with van der Waals surface area (Å²) < 4.78 is 4.65. The molecule has 0 bridgehead atoms. The number of hydrogen-bond acceptors (Lipinski definition) is 2. The van der Waals surface area contributed by atoms with E-state index in [0.717, 1.165) is 50.1 Å². The molecule has 0 aliphatic rings. The number of fused-ring (bicyclic) bond motifs is 6. The lowest BCUT2D eigenvalue weighted by atomic mass is 9.98. The molecule has 54 heavy (non-hydrogen) atoms. The molecule has 0 aliphatic heterocycles. The van der Waals surface area contributed by atoms with E-state index < -0.39 is 0 Å². The van der Waals surface area contributed by atoms with E-state index in [9.17, 15) is 0 Å². The van der Waals surface area contributed by atoms with Gasteiger partial charge in [0.05, 0.1) is 27.8 Å². The van der Waals surface area contributed by atoms with Crippen LogP contribution >= 0.6 is 0 Å². The average Bonchev–Trinajstić information content (AvgIpc) is 3.81. The molecular formula is C50H32N4. The summed E-state index contributed by atoms with van der Waals surface area (Å²) in [6.07, 6.45) is 2.16.